The van der Waals surface area contributed by atoms with Crippen molar-refractivity contribution in [1.29, 1.82) is 0 Å². The molecule has 2 aromatic carbocycles. The molecule has 2 heterocycles. The van der Waals surface area contributed by atoms with Crippen LogP contribution in [0.15, 0.2) is 54.3 Å². The first-order valence-electron chi connectivity index (χ1n) is 10.1. The van der Waals surface area contributed by atoms with E-state index in [-0.39, 0.29) is 17.6 Å². The van der Waals surface area contributed by atoms with E-state index >= 15 is 0 Å². The highest BCUT2D eigenvalue weighted by atomic mass is 16.5. The number of ether oxygens (including phenoxy) is 3. The smallest absolute Gasteiger partial charge is 0.293 e. The zero-order chi connectivity index (χ0) is 21.8. The molecule has 2 aromatic rings. The fraction of sp³-hybridized carbons (Fsp3) is 0.250. The normalized spacial score (nSPS) is 17.6. The first-order chi connectivity index (χ1) is 15.1. The van der Waals surface area contributed by atoms with Crippen LogP contribution in [0.2, 0.25) is 0 Å². The van der Waals surface area contributed by atoms with E-state index in [1.807, 2.05) is 36.4 Å². The lowest BCUT2D eigenvalue weighted by Crippen LogP contribution is -2.39. The molecule has 0 atom stereocenters. The summed E-state index contributed by atoms with van der Waals surface area (Å²) in [5.41, 5.74) is 2.22. The third-order valence-corrected chi connectivity index (χ3v) is 5.24. The van der Waals surface area contributed by atoms with Gasteiger partial charge in [-0.25, -0.2) is 0 Å². The zero-order valence-corrected chi connectivity index (χ0v) is 17.5. The van der Waals surface area contributed by atoms with Crippen molar-refractivity contribution < 1.29 is 23.8 Å². The predicted octanol–water partition coefficient (Wildman–Crippen LogP) is 2.96. The summed E-state index contributed by atoms with van der Waals surface area (Å²) < 4.78 is 16.6. The van der Waals surface area contributed by atoms with Crippen LogP contribution in [0.5, 0.6) is 11.5 Å². The van der Waals surface area contributed by atoms with Gasteiger partial charge < -0.3 is 24.0 Å². The average Bonchev–Trinajstić information content (AvgIpc) is 2.81. The van der Waals surface area contributed by atoms with Gasteiger partial charge in [0.1, 0.15) is 5.75 Å². The second kappa shape index (κ2) is 9.06. The number of amides is 2. The minimum atomic E-state index is -0.228. The van der Waals surface area contributed by atoms with Crippen molar-refractivity contribution in [2.75, 3.05) is 45.4 Å². The summed E-state index contributed by atoms with van der Waals surface area (Å²) >= 11 is 0. The van der Waals surface area contributed by atoms with Crippen LogP contribution in [0.1, 0.15) is 11.1 Å². The van der Waals surface area contributed by atoms with Crippen molar-refractivity contribution in [2.24, 2.45) is 0 Å². The molecule has 0 aliphatic carbocycles. The Balaban J connectivity index is 1.59. The number of para-hydroxylation sites is 2. The Labute approximate surface area is 181 Å². The van der Waals surface area contributed by atoms with Gasteiger partial charge in [0.15, 0.2) is 11.5 Å². The second-order valence-corrected chi connectivity index (χ2v) is 7.21. The van der Waals surface area contributed by atoms with Crippen LogP contribution in [-0.4, -0.2) is 57.2 Å². The number of benzene rings is 2. The van der Waals surface area contributed by atoms with Crippen molar-refractivity contribution in [3.8, 4) is 11.5 Å². The molecule has 160 valence electrons. The number of rotatable bonds is 4. The van der Waals surface area contributed by atoms with Crippen molar-refractivity contribution in [3.63, 3.8) is 0 Å². The molecule has 7 heteroatoms. The fourth-order valence-electron chi connectivity index (χ4n) is 3.52. The molecule has 0 saturated carbocycles. The summed E-state index contributed by atoms with van der Waals surface area (Å²) in [7, 11) is 3.30. The van der Waals surface area contributed by atoms with Crippen LogP contribution in [0.25, 0.3) is 12.2 Å². The van der Waals surface area contributed by atoms with Crippen molar-refractivity contribution in [3.05, 3.63) is 65.4 Å². The highest BCUT2D eigenvalue weighted by Gasteiger charge is 2.27. The topological polar surface area (TPSA) is 68.3 Å². The van der Waals surface area contributed by atoms with Crippen LogP contribution < -0.4 is 14.4 Å². The minimum absolute atomic E-state index is 0.0712. The maximum absolute atomic E-state index is 12.7. The third kappa shape index (κ3) is 4.46. The number of nitrogens with zero attached hydrogens (tertiary/aromatic N) is 2. The predicted molar refractivity (Wildman–Crippen MR) is 118 cm³/mol. The molecule has 0 bridgehead atoms. The summed E-state index contributed by atoms with van der Waals surface area (Å²) in [4.78, 5) is 28.5. The van der Waals surface area contributed by atoms with Gasteiger partial charge in [0.05, 0.1) is 26.0 Å². The molecular formula is C24H24N2O5. The quantitative estimate of drug-likeness (QED) is 0.712. The number of fused-ring (bicyclic) bond motifs is 1. The van der Waals surface area contributed by atoms with Crippen LogP contribution in [0.4, 0.5) is 5.69 Å². The van der Waals surface area contributed by atoms with Gasteiger partial charge in [0, 0.05) is 31.8 Å². The van der Waals surface area contributed by atoms with E-state index in [2.05, 4.69) is 0 Å². The van der Waals surface area contributed by atoms with Gasteiger partial charge in [0.25, 0.3) is 5.91 Å². The van der Waals surface area contributed by atoms with E-state index in [0.717, 1.165) is 16.8 Å². The number of likely N-dealkylation sites (N-methyl/N-ethyl adjacent to an activating group) is 1. The van der Waals surface area contributed by atoms with Crippen LogP contribution in [0, 0.1) is 0 Å². The largest absolute Gasteiger partial charge is 0.496 e. The first kappa shape index (κ1) is 20.7. The third-order valence-electron chi connectivity index (χ3n) is 5.24. The summed E-state index contributed by atoms with van der Waals surface area (Å²) in [6.45, 7) is 2.27. The number of hydrogen-bond donors (Lipinski definition) is 0. The maximum Gasteiger partial charge on any atom is 0.293 e. The molecule has 0 spiro atoms. The average molecular weight is 420 g/mol. The Morgan fingerprint density at radius 2 is 1.90 bits per heavy atom. The van der Waals surface area contributed by atoms with E-state index in [1.165, 1.54) is 6.08 Å². The Kier molecular flexibility index (Phi) is 6.04. The fourth-order valence-corrected chi connectivity index (χ4v) is 3.52. The second-order valence-electron chi connectivity index (χ2n) is 7.21. The number of anilines is 1. The van der Waals surface area contributed by atoms with E-state index in [9.17, 15) is 9.59 Å². The van der Waals surface area contributed by atoms with Gasteiger partial charge in [-0.05, 0) is 42.0 Å². The molecule has 0 N–H and O–H groups in total. The number of carbonyl (C=O) groups is 2. The molecule has 4 rings (SSSR count). The molecule has 0 aromatic heterocycles. The van der Waals surface area contributed by atoms with E-state index < -0.39 is 0 Å². The maximum atomic E-state index is 12.7. The van der Waals surface area contributed by atoms with E-state index in [0.29, 0.717) is 37.8 Å². The van der Waals surface area contributed by atoms with Gasteiger partial charge in [-0.2, -0.15) is 0 Å². The summed E-state index contributed by atoms with van der Waals surface area (Å²) in [5, 5.41) is 0. The highest BCUT2D eigenvalue weighted by Crippen LogP contribution is 2.34. The molecular weight excluding hydrogens is 396 g/mol. The van der Waals surface area contributed by atoms with Gasteiger partial charge in [-0.3, -0.25) is 9.59 Å². The monoisotopic (exact) mass is 420 g/mol. The Morgan fingerprint density at radius 1 is 1.13 bits per heavy atom. The SMILES string of the molecule is COc1ccc(/C=C2/Oc3ccccc3N(C)C2=O)cc1/C=C\C(=O)N1CCOCC1. The highest BCUT2D eigenvalue weighted by molar-refractivity contribution is 6.09. The van der Waals surface area contributed by atoms with Gasteiger partial charge >= 0.3 is 0 Å². The molecule has 2 aliphatic rings. The zero-order valence-electron chi connectivity index (χ0n) is 17.5. The Hall–Kier alpha value is -3.58. The van der Waals surface area contributed by atoms with Gasteiger partial charge in [-0.1, -0.05) is 18.2 Å². The number of carbonyl (C=O) groups excluding carboxylic acids is 2. The molecule has 1 saturated heterocycles. The van der Waals surface area contributed by atoms with Gasteiger partial charge in [-0.15, -0.1) is 0 Å². The minimum Gasteiger partial charge on any atom is -0.496 e. The molecule has 0 unspecified atom stereocenters. The molecule has 2 amide bonds. The summed E-state index contributed by atoms with van der Waals surface area (Å²) in [6, 6.07) is 12.9. The number of morpholine rings is 1. The lowest BCUT2D eigenvalue weighted by Gasteiger charge is -2.27. The molecule has 1 fully saturated rings. The molecule has 0 radical (unpaired) electrons. The van der Waals surface area contributed by atoms with Crippen molar-refractivity contribution in [1.82, 2.24) is 4.90 Å². The Morgan fingerprint density at radius 3 is 2.68 bits per heavy atom. The Bertz CT molecular complexity index is 1050. The van der Waals surface area contributed by atoms with E-state index in [1.54, 1.807) is 42.2 Å². The lowest BCUT2D eigenvalue weighted by atomic mass is 10.1. The van der Waals surface area contributed by atoms with E-state index in [4.69, 9.17) is 14.2 Å². The number of methoxy groups -OCH3 is 1. The van der Waals surface area contributed by atoms with Crippen molar-refractivity contribution >= 4 is 29.7 Å². The van der Waals surface area contributed by atoms with Crippen LogP contribution in [-0.2, 0) is 14.3 Å². The van der Waals surface area contributed by atoms with Crippen LogP contribution in [0.3, 0.4) is 0 Å². The molecule has 31 heavy (non-hydrogen) atoms. The van der Waals surface area contributed by atoms with Crippen LogP contribution >= 0.6 is 0 Å². The standard InChI is InChI=1S/C24H24N2O5/c1-25-19-5-3-4-6-21(19)31-22(24(25)28)16-17-7-9-20(29-2)18(15-17)8-10-23(27)26-11-13-30-14-12-26/h3-10,15-16H,11-14H2,1-2H3/b10-8-,22-16+. The summed E-state index contributed by atoms with van der Waals surface area (Å²) in [5.74, 6) is 1.19. The summed E-state index contributed by atoms with van der Waals surface area (Å²) in [6.07, 6.45) is 4.95. The number of hydrogen-bond acceptors (Lipinski definition) is 5. The van der Waals surface area contributed by atoms with Gasteiger partial charge in [0.2, 0.25) is 5.91 Å². The molecule has 2 aliphatic heterocycles. The lowest BCUT2D eigenvalue weighted by molar-refractivity contribution is -0.129. The first-order valence-corrected chi connectivity index (χ1v) is 10.1. The van der Waals surface area contributed by atoms with Crippen molar-refractivity contribution in [2.45, 2.75) is 0 Å². The molecule has 7 nitrogen and oxygen atoms in total.